The number of carbonyl (C=O) groups excluding carboxylic acids is 3. The van der Waals surface area contributed by atoms with Crippen LogP contribution in [0.25, 0.3) is 0 Å². The lowest BCUT2D eigenvalue weighted by Gasteiger charge is -2.18. The molecule has 0 spiro atoms. The monoisotopic (exact) mass is 1080 g/mol. The summed E-state index contributed by atoms with van der Waals surface area (Å²) in [5.41, 5.74) is 0. The van der Waals surface area contributed by atoms with E-state index in [2.05, 4.69) is 81.5 Å². The molecule has 0 bridgehead atoms. The van der Waals surface area contributed by atoms with Crippen LogP contribution in [0.2, 0.25) is 0 Å². The summed E-state index contributed by atoms with van der Waals surface area (Å²) in [6.07, 6.45) is 84.1. The maximum atomic E-state index is 12.9. The molecular formula is C71H128O6. The van der Waals surface area contributed by atoms with Crippen molar-refractivity contribution < 1.29 is 28.6 Å². The Morgan fingerprint density at radius 2 is 0.506 bits per heavy atom. The number of esters is 3. The molecule has 0 amide bonds. The molecule has 448 valence electrons. The van der Waals surface area contributed by atoms with Gasteiger partial charge in [-0.15, -0.1) is 0 Å². The Morgan fingerprint density at radius 3 is 0.805 bits per heavy atom. The number of unbranched alkanes of at least 4 members (excludes halogenated alkanes) is 41. The Balaban J connectivity index is 4.05. The van der Waals surface area contributed by atoms with E-state index in [9.17, 15) is 14.4 Å². The lowest BCUT2D eigenvalue weighted by Crippen LogP contribution is -2.30. The van der Waals surface area contributed by atoms with Crippen LogP contribution in [-0.4, -0.2) is 37.2 Å². The minimum Gasteiger partial charge on any atom is -0.462 e. The fourth-order valence-electron chi connectivity index (χ4n) is 9.96. The summed E-state index contributed by atoms with van der Waals surface area (Å²) in [4.78, 5) is 38.1. The highest BCUT2D eigenvalue weighted by molar-refractivity contribution is 5.71. The van der Waals surface area contributed by atoms with Gasteiger partial charge in [-0.1, -0.05) is 313 Å². The van der Waals surface area contributed by atoms with Crippen molar-refractivity contribution >= 4 is 17.9 Å². The van der Waals surface area contributed by atoms with Gasteiger partial charge in [0.15, 0.2) is 6.10 Å². The number of ether oxygens (including phenoxy) is 3. The van der Waals surface area contributed by atoms with Crippen molar-refractivity contribution in [2.45, 2.75) is 361 Å². The highest BCUT2D eigenvalue weighted by Crippen LogP contribution is 2.18. The lowest BCUT2D eigenvalue weighted by atomic mass is 10.0. The summed E-state index contributed by atoms with van der Waals surface area (Å²) < 4.78 is 16.9. The number of rotatable bonds is 62. The minimum atomic E-state index is -0.770. The van der Waals surface area contributed by atoms with E-state index in [0.29, 0.717) is 19.3 Å². The second-order valence-corrected chi connectivity index (χ2v) is 22.7. The molecule has 6 heteroatoms. The molecule has 1 unspecified atom stereocenters. The van der Waals surface area contributed by atoms with E-state index < -0.39 is 6.10 Å². The normalized spacial score (nSPS) is 12.4. The Kier molecular flexibility index (Phi) is 63.2. The van der Waals surface area contributed by atoms with Gasteiger partial charge in [0.25, 0.3) is 0 Å². The number of allylic oxidation sites excluding steroid dienone is 10. The van der Waals surface area contributed by atoms with Crippen LogP contribution < -0.4 is 0 Å². The molecule has 0 saturated heterocycles. The van der Waals surface area contributed by atoms with Gasteiger partial charge in [-0.25, -0.2) is 0 Å². The fraction of sp³-hybridized carbons (Fsp3) is 0.817. The van der Waals surface area contributed by atoms with Crippen LogP contribution in [0.3, 0.4) is 0 Å². The lowest BCUT2D eigenvalue weighted by molar-refractivity contribution is -0.167. The van der Waals surface area contributed by atoms with E-state index in [1.54, 1.807) is 0 Å². The number of hydrogen-bond donors (Lipinski definition) is 0. The highest BCUT2D eigenvalue weighted by Gasteiger charge is 2.19. The molecule has 6 nitrogen and oxygen atoms in total. The average molecular weight is 1080 g/mol. The molecule has 0 fully saturated rings. The molecule has 77 heavy (non-hydrogen) atoms. The third kappa shape index (κ3) is 63.8. The van der Waals surface area contributed by atoms with Crippen molar-refractivity contribution in [3.8, 4) is 0 Å². The Bertz CT molecular complexity index is 1380. The molecule has 0 radical (unpaired) electrons. The largest absolute Gasteiger partial charge is 0.462 e. The van der Waals surface area contributed by atoms with Crippen LogP contribution in [0, 0.1) is 0 Å². The Labute approximate surface area is 479 Å². The third-order valence-electron chi connectivity index (χ3n) is 15.0. The van der Waals surface area contributed by atoms with Gasteiger partial charge in [-0.3, -0.25) is 14.4 Å². The predicted octanol–water partition coefficient (Wildman–Crippen LogP) is 23.1. The van der Waals surface area contributed by atoms with Gasteiger partial charge in [-0.05, 0) is 83.5 Å². The second-order valence-electron chi connectivity index (χ2n) is 22.7. The van der Waals surface area contributed by atoms with Gasteiger partial charge in [0.05, 0.1) is 0 Å². The first-order chi connectivity index (χ1) is 38.0. The van der Waals surface area contributed by atoms with Crippen LogP contribution in [-0.2, 0) is 28.6 Å². The van der Waals surface area contributed by atoms with Gasteiger partial charge in [0, 0.05) is 19.3 Å². The van der Waals surface area contributed by atoms with E-state index >= 15 is 0 Å². The zero-order valence-corrected chi connectivity index (χ0v) is 51.5. The van der Waals surface area contributed by atoms with E-state index in [0.717, 1.165) is 83.5 Å². The van der Waals surface area contributed by atoms with Gasteiger partial charge in [0.2, 0.25) is 0 Å². The van der Waals surface area contributed by atoms with Gasteiger partial charge < -0.3 is 14.2 Å². The summed E-state index contributed by atoms with van der Waals surface area (Å²) in [5, 5.41) is 0. The van der Waals surface area contributed by atoms with Crippen LogP contribution in [0.1, 0.15) is 355 Å². The van der Waals surface area contributed by atoms with Crippen LogP contribution >= 0.6 is 0 Å². The van der Waals surface area contributed by atoms with E-state index in [-0.39, 0.29) is 31.1 Å². The molecule has 0 heterocycles. The molecule has 0 aliphatic rings. The molecule has 0 saturated carbocycles. The van der Waals surface area contributed by atoms with Gasteiger partial charge in [0.1, 0.15) is 13.2 Å². The van der Waals surface area contributed by atoms with Crippen molar-refractivity contribution in [3.63, 3.8) is 0 Å². The summed E-state index contributed by atoms with van der Waals surface area (Å²) in [5.74, 6) is -0.857. The maximum Gasteiger partial charge on any atom is 0.306 e. The summed E-state index contributed by atoms with van der Waals surface area (Å²) in [7, 11) is 0. The highest BCUT2D eigenvalue weighted by atomic mass is 16.6. The van der Waals surface area contributed by atoms with Crippen LogP contribution in [0.5, 0.6) is 0 Å². The topological polar surface area (TPSA) is 78.9 Å². The zero-order valence-electron chi connectivity index (χ0n) is 51.5. The second kappa shape index (κ2) is 65.6. The van der Waals surface area contributed by atoms with E-state index in [1.165, 1.54) is 231 Å². The molecule has 0 aromatic rings. The van der Waals surface area contributed by atoms with E-state index in [4.69, 9.17) is 14.2 Å². The van der Waals surface area contributed by atoms with Crippen molar-refractivity contribution in [1.29, 1.82) is 0 Å². The van der Waals surface area contributed by atoms with Crippen molar-refractivity contribution in [2.75, 3.05) is 13.2 Å². The number of carbonyl (C=O) groups is 3. The molecule has 0 aromatic heterocycles. The van der Waals surface area contributed by atoms with Crippen LogP contribution in [0.4, 0.5) is 0 Å². The smallest absolute Gasteiger partial charge is 0.306 e. The minimum absolute atomic E-state index is 0.0700. The SMILES string of the molecule is CC/C=C\C/C=C\C/C=C\C/C=C\CCCCCCCCCCCCCCCCCCC(=O)OCC(COC(=O)CCCCCCCCC)OC(=O)CCCCCCCCCCCCC/C=C\CCCCCCCCCC. The quantitative estimate of drug-likeness (QED) is 0.0261. The van der Waals surface area contributed by atoms with E-state index in [1.807, 2.05) is 0 Å². The standard InChI is InChI=1S/C71H128O6/c1-4-7-10-13-16-18-20-22-24-26-28-30-32-33-34-35-36-37-39-40-42-44-46-48-50-52-55-58-61-64-70(73)76-67-68(66-75-69(72)63-60-57-54-15-12-9-6-3)77-71(74)65-62-59-56-53-51-49-47-45-43-41-38-31-29-27-25-23-21-19-17-14-11-8-5-2/h7,10,16,18,22,24,27-30,68H,4-6,8-9,11-15,17,19-21,23,25-26,31-67H2,1-3H3/b10-7-,18-16-,24-22-,29-27-,30-28-. The summed E-state index contributed by atoms with van der Waals surface area (Å²) in [6.45, 7) is 6.53. The molecule has 0 aromatic carbocycles. The number of hydrogen-bond acceptors (Lipinski definition) is 6. The predicted molar refractivity (Wildman–Crippen MR) is 335 cm³/mol. The maximum absolute atomic E-state index is 12.9. The molecule has 0 rings (SSSR count). The third-order valence-corrected chi connectivity index (χ3v) is 15.0. The zero-order chi connectivity index (χ0) is 55.7. The summed E-state index contributed by atoms with van der Waals surface area (Å²) in [6, 6.07) is 0. The summed E-state index contributed by atoms with van der Waals surface area (Å²) >= 11 is 0. The molecule has 0 aliphatic carbocycles. The Hall–Kier alpha value is -2.89. The Morgan fingerprint density at radius 1 is 0.273 bits per heavy atom. The molecule has 0 aliphatic heterocycles. The van der Waals surface area contributed by atoms with Crippen molar-refractivity contribution in [3.05, 3.63) is 60.8 Å². The first kappa shape index (κ1) is 74.1. The first-order valence-electron chi connectivity index (χ1n) is 33.8. The van der Waals surface area contributed by atoms with Crippen LogP contribution in [0.15, 0.2) is 60.8 Å². The first-order valence-corrected chi connectivity index (χ1v) is 33.8. The molecule has 0 N–H and O–H groups in total. The van der Waals surface area contributed by atoms with Crippen molar-refractivity contribution in [2.24, 2.45) is 0 Å². The average Bonchev–Trinajstić information content (AvgIpc) is 3.43. The van der Waals surface area contributed by atoms with Gasteiger partial charge in [-0.2, -0.15) is 0 Å². The fourth-order valence-corrected chi connectivity index (χ4v) is 9.96. The van der Waals surface area contributed by atoms with Gasteiger partial charge >= 0.3 is 17.9 Å². The molecule has 1 atom stereocenters. The molecular weight excluding hydrogens is 949 g/mol. The van der Waals surface area contributed by atoms with Crippen molar-refractivity contribution in [1.82, 2.24) is 0 Å².